The summed E-state index contributed by atoms with van der Waals surface area (Å²) >= 11 is 0. The van der Waals surface area contributed by atoms with Gasteiger partial charge in [0.1, 0.15) is 5.82 Å². The van der Waals surface area contributed by atoms with Crippen LogP contribution in [0, 0.1) is 23.4 Å². The van der Waals surface area contributed by atoms with Gasteiger partial charge in [0.05, 0.1) is 0 Å². The summed E-state index contributed by atoms with van der Waals surface area (Å²) in [6, 6.07) is 1.69. The van der Waals surface area contributed by atoms with Crippen LogP contribution >= 0.6 is 0 Å². The van der Waals surface area contributed by atoms with Gasteiger partial charge in [0.2, 0.25) is 0 Å². The van der Waals surface area contributed by atoms with Crippen molar-refractivity contribution in [1.29, 1.82) is 0 Å². The van der Waals surface area contributed by atoms with Crippen LogP contribution in [-0.2, 0) is 0 Å². The quantitative estimate of drug-likeness (QED) is 0.816. The second-order valence-corrected chi connectivity index (χ2v) is 4.94. The van der Waals surface area contributed by atoms with E-state index in [1.165, 1.54) is 0 Å². The molecular weight excluding hydrogens is 239 g/mol. The van der Waals surface area contributed by atoms with E-state index in [1.54, 1.807) is 0 Å². The molecule has 1 heterocycles. The van der Waals surface area contributed by atoms with Gasteiger partial charge in [-0.05, 0) is 49.4 Å². The van der Waals surface area contributed by atoms with Crippen LogP contribution in [-0.4, -0.2) is 13.1 Å². The number of benzene rings is 1. The maximum Gasteiger partial charge on any atom is 0.161 e. The van der Waals surface area contributed by atoms with Crippen molar-refractivity contribution in [3.8, 4) is 0 Å². The molecule has 1 saturated heterocycles. The van der Waals surface area contributed by atoms with Crippen LogP contribution in [0.5, 0.6) is 0 Å². The summed E-state index contributed by atoms with van der Waals surface area (Å²) in [5.41, 5.74) is 0.328. The molecule has 2 rings (SSSR count). The van der Waals surface area contributed by atoms with E-state index in [2.05, 4.69) is 12.2 Å². The molecule has 2 atom stereocenters. The summed E-state index contributed by atoms with van der Waals surface area (Å²) in [5, 5.41) is 3.27. The topological polar surface area (TPSA) is 12.0 Å². The molecule has 0 bridgehead atoms. The van der Waals surface area contributed by atoms with E-state index < -0.39 is 17.5 Å². The van der Waals surface area contributed by atoms with Crippen molar-refractivity contribution >= 4 is 0 Å². The fourth-order valence-corrected chi connectivity index (χ4v) is 2.83. The van der Waals surface area contributed by atoms with Crippen molar-refractivity contribution in [2.45, 2.75) is 32.1 Å². The first kappa shape index (κ1) is 13.4. The Hall–Kier alpha value is -1.03. The molecular formula is C14H18F3N. The minimum absolute atomic E-state index is 0.0127. The predicted octanol–water partition coefficient (Wildman–Crippen LogP) is 3.60. The molecule has 0 spiro atoms. The largest absolute Gasteiger partial charge is 0.316 e. The molecule has 0 saturated carbocycles. The highest BCUT2D eigenvalue weighted by Crippen LogP contribution is 2.35. The van der Waals surface area contributed by atoms with Crippen molar-refractivity contribution in [3.63, 3.8) is 0 Å². The maximum absolute atomic E-state index is 13.8. The van der Waals surface area contributed by atoms with Crippen LogP contribution in [0.2, 0.25) is 0 Å². The molecule has 100 valence electrons. The molecule has 1 aromatic rings. The van der Waals surface area contributed by atoms with Crippen molar-refractivity contribution in [1.82, 2.24) is 5.32 Å². The molecule has 0 aromatic heterocycles. The number of hydrogen-bond donors (Lipinski definition) is 1. The third-order valence-electron chi connectivity index (χ3n) is 3.71. The van der Waals surface area contributed by atoms with E-state index in [0.717, 1.165) is 38.4 Å². The number of nitrogens with one attached hydrogen (secondary N) is 1. The Labute approximate surface area is 105 Å². The lowest BCUT2D eigenvalue weighted by atomic mass is 9.78. The summed E-state index contributed by atoms with van der Waals surface area (Å²) < 4.78 is 40.0. The summed E-state index contributed by atoms with van der Waals surface area (Å²) in [5.74, 6) is -2.41. The van der Waals surface area contributed by atoms with E-state index in [0.29, 0.717) is 17.5 Å². The second kappa shape index (κ2) is 5.74. The monoisotopic (exact) mass is 257 g/mol. The zero-order valence-corrected chi connectivity index (χ0v) is 10.5. The minimum Gasteiger partial charge on any atom is -0.316 e. The molecule has 1 fully saturated rings. The van der Waals surface area contributed by atoms with E-state index in [1.807, 2.05) is 0 Å². The number of piperidine rings is 1. The molecule has 0 radical (unpaired) electrons. The van der Waals surface area contributed by atoms with Crippen molar-refractivity contribution in [2.24, 2.45) is 5.92 Å². The molecule has 1 aliphatic rings. The van der Waals surface area contributed by atoms with Gasteiger partial charge in [0.25, 0.3) is 0 Å². The highest BCUT2D eigenvalue weighted by atomic mass is 19.2. The fourth-order valence-electron chi connectivity index (χ4n) is 2.83. The van der Waals surface area contributed by atoms with E-state index in [9.17, 15) is 13.2 Å². The average Bonchev–Trinajstić information content (AvgIpc) is 2.35. The first-order valence-electron chi connectivity index (χ1n) is 6.48. The summed E-state index contributed by atoms with van der Waals surface area (Å²) in [6.45, 7) is 3.69. The lowest BCUT2D eigenvalue weighted by Crippen LogP contribution is -2.35. The molecule has 1 N–H and O–H groups in total. The molecule has 0 amide bonds. The fraction of sp³-hybridized carbons (Fsp3) is 0.571. The minimum atomic E-state index is -1.11. The normalized spacial score (nSPS) is 24.2. The second-order valence-electron chi connectivity index (χ2n) is 4.94. The smallest absolute Gasteiger partial charge is 0.161 e. The Morgan fingerprint density at radius 3 is 2.61 bits per heavy atom. The molecule has 4 heteroatoms. The first-order valence-corrected chi connectivity index (χ1v) is 6.48. The molecule has 0 aliphatic carbocycles. The van der Waals surface area contributed by atoms with Crippen LogP contribution in [0.25, 0.3) is 0 Å². The Balaban J connectivity index is 2.30. The number of rotatable bonds is 3. The molecule has 1 nitrogen and oxygen atoms in total. The zero-order valence-electron chi connectivity index (χ0n) is 10.5. The summed E-state index contributed by atoms with van der Waals surface area (Å²) in [7, 11) is 0. The Kier molecular flexibility index (Phi) is 4.27. The molecule has 2 unspecified atom stereocenters. The van der Waals surface area contributed by atoms with E-state index in [-0.39, 0.29) is 5.92 Å². The Morgan fingerprint density at radius 2 is 1.89 bits per heavy atom. The number of halogens is 3. The SMILES string of the molecule is CCCC1CNCCC1c1cc(F)c(F)cc1F. The first-order chi connectivity index (χ1) is 8.63. The van der Waals surface area contributed by atoms with Gasteiger partial charge >= 0.3 is 0 Å². The van der Waals surface area contributed by atoms with Gasteiger partial charge in [-0.3, -0.25) is 0 Å². The van der Waals surface area contributed by atoms with Crippen LogP contribution in [0.3, 0.4) is 0 Å². The van der Waals surface area contributed by atoms with E-state index >= 15 is 0 Å². The van der Waals surface area contributed by atoms with Crippen LogP contribution in [0.4, 0.5) is 13.2 Å². The van der Waals surface area contributed by atoms with Crippen molar-refractivity contribution in [2.75, 3.05) is 13.1 Å². The zero-order chi connectivity index (χ0) is 13.1. The van der Waals surface area contributed by atoms with Crippen molar-refractivity contribution in [3.05, 3.63) is 35.1 Å². The van der Waals surface area contributed by atoms with Gasteiger partial charge < -0.3 is 5.32 Å². The van der Waals surface area contributed by atoms with Gasteiger partial charge in [-0.15, -0.1) is 0 Å². The third kappa shape index (κ3) is 2.69. The maximum atomic E-state index is 13.8. The highest BCUT2D eigenvalue weighted by molar-refractivity contribution is 5.25. The average molecular weight is 257 g/mol. The van der Waals surface area contributed by atoms with Gasteiger partial charge in [-0.25, -0.2) is 13.2 Å². The van der Waals surface area contributed by atoms with Crippen molar-refractivity contribution < 1.29 is 13.2 Å². The summed E-state index contributed by atoms with van der Waals surface area (Å²) in [4.78, 5) is 0. The lowest BCUT2D eigenvalue weighted by molar-refractivity contribution is 0.299. The van der Waals surface area contributed by atoms with Gasteiger partial charge in [-0.2, -0.15) is 0 Å². The van der Waals surface area contributed by atoms with Gasteiger partial charge in [-0.1, -0.05) is 13.3 Å². The summed E-state index contributed by atoms with van der Waals surface area (Å²) in [6.07, 6.45) is 2.75. The Bertz CT molecular complexity index is 418. The third-order valence-corrected chi connectivity index (χ3v) is 3.71. The molecule has 1 aliphatic heterocycles. The van der Waals surface area contributed by atoms with E-state index in [4.69, 9.17) is 0 Å². The molecule has 18 heavy (non-hydrogen) atoms. The predicted molar refractivity (Wildman–Crippen MR) is 64.9 cm³/mol. The Morgan fingerprint density at radius 1 is 1.17 bits per heavy atom. The van der Waals surface area contributed by atoms with Crippen LogP contribution in [0.15, 0.2) is 12.1 Å². The van der Waals surface area contributed by atoms with Gasteiger partial charge in [0.15, 0.2) is 11.6 Å². The van der Waals surface area contributed by atoms with Gasteiger partial charge in [0, 0.05) is 6.07 Å². The van der Waals surface area contributed by atoms with Crippen LogP contribution in [0.1, 0.15) is 37.7 Å². The number of hydrogen-bond acceptors (Lipinski definition) is 1. The highest BCUT2D eigenvalue weighted by Gasteiger charge is 2.28. The van der Waals surface area contributed by atoms with Crippen LogP contribution < -0.4 is 5.32 Å². The standard InChI is InChI=1S/C14H18F3N/c1-2-3-9-8-18-5-4-10(9)11-6-13(16)14(17)7-12(11)15/h6-7,9-10,18H,2-5,8H2,1H3. The lowest BCUT2D eigenvalue weighted by Gasteiger charge is -2.32. The molecule has 1 aromatic carbocycles.